The molecule has 1 rings (SSSR count). The van der Waals surface area contributed by atoms with Gasteiger partial charge < -0.3 is 9.47 Å². The summed E-state index contributed by atoms with van der Waals surface area (Å²) in [6.07, 6.45) is 0.880. The lowest BCUT2D eigenvalue weighted by molar-refractivity contribution is 0.0927. The highest BCUT2D eigenvalue weighted by Gasteiger charge is 1.99. The third kappa shape index (κ3) is 4.11. The molecule has 0 saturated carbocycles. The number of methoxy groups -OCH3 is 1. The predicted octanol–water partition coefficient (Wildman–Crippen LogP) is 2.11. The minimum Gasteiger partial charge on any atom is -0.385 e. The van der Waals surface area contributed by atoms with Crippen LogP contribution in [0, 0.1) is 11.3 Å². The van der Waals surface area contributed by atoms with Crippen LogP contribution in [0.3, 0.4) is 0 Å². The lowest BCUT2D eigenvalue weighted by Crippen LogP contribution is -2.00. The van der Waals surface area contributed by atoms with Gasteiger partial charge in [0.2, 0.25) is 0 Å². The first kappa shape index (κ1) is 11.7. The molecule has 0 aliphatic heterocycles. The Labute approximate surface area is 90.2 Å². The Morgan fingerprint density at radius 2 is 2.07 bits per heavy atom. The van der Waals surface area contributed by atoms with Crippen LogP contribution in [0.25, 0.3) is 0 Å². The molecule has 3 heteroatoms. The van der Waals surface area contributed by atoms with E-state index in [0.717, 1.165) is 12.0 Å². The molecule has 0 amide bonds. The monoisotopic (exact) mass is 205 g/mol. The van der Waals surface area contributed by atoms with Crippen LogP contribution in [-0.4, -0.2) is 20.3 Å². The van der Waals surface area contributed by atoms with Crippen molar-refractivity contribution in [3.05, 3.63) is 35.4 Å². The van der Waals surface area contributed by atoms with E-state index < -0.39 is 0 Å². The van der Waals surface area contributed by atoms with E-state index in [1.54, 1.807) is 13.2 Å². The fourth-order valence-electron chi connectivity index (χ4n) is 1.24. The first-order valence-corrected chi connectivity index (χ1v) is 4.93. The van der Waals surface area contributed by atoms with Crippen LogP contribution in [0.2, 0.25) is 0 Å². The zero-order chi connectivity index (χ0) is 10.9. The fraction of sp³-hybridized carbons (Fsp3) is 0.417. The van der Waals surface area contributed by atoms with E-state index >= 15 is 0 Å². The van der Waals surface area contributed by atoms with Crippen molar-refractivity contribution < 1.29 is 9.47 Å². The third-order valence-electron chi connectivity index (χ3n) is 2.03. The maximum atomic E-state index is 8.83. The van der Waals surface area contributed by atoms with Gasteiger partial charge in [0.15, 0.2) is 0 Å². The average molecular weight is 205 g/mol. The van der Waals surface area contributed by atoms with Crippen molar-refractivity contribution in [2.24, 2.45) is 0 Å². The largest absolute Gasteiger partial charge is 0.385 e. The molecule has 0 spiro atoms. The molecule has 1 aromatic rings. The van der Waals surface area contributed by atoms with Crippen molar-refractivity contribution in [3.63, 3.8) is 0 Å². The van der Waals surface area contributed by atoms with E-state index in [1.165, 1.54) is 0 Å². The molecule has 0 unspecified atom stereocenters. The molecule has 0 fully saturated rings. The van der Waals surface area contributed by atoms with E-state index in [-0.39, 0.29) is 0 Å². The molecular weight excluding hydrogens is 190 g/mol. The Morgan fingerprint density at radius 3 is 2.80 bits per heavy atom. The van der Waals surface area contributed by atoms with Crippen LogP contribution in [-0.2, 0) is 16.1 Å². The van der Waals surface area contributed by atoms with Gasteiger partial charge in [-0.2, -0.15) is 5.26 Å². The molecule has 0 saturated heterocycles. The van der Waals surface area contributed by atoms with E-state index in [2.05, 4.69) is 6.07 Å². The molecule has 0 atom stereocenters. The number of nitriles is 1. The van der Waals surface area contributed by atoms with Gasteiger partial charge in [0, 0.05) is 20.3 Å². The second kappa shape index (κ2) is 6.99. The fourth-order valence-corrected chi connectivity index (χ4v) is 1.24. The highest BCUT2D eigenvalue weighted by atomic mass is 16.5. The normalized spacial score (nSPS) is 9.87. The second-order valence-corrected chi connectivity index (χ2v) is 3.17. The van der Waals surface area contributed by atoms with Gasteiger partial charge in [0.25, 0.3) is 0 Å². The van der Waals surface area contributed by atoms with Gasteiger partial charge in [-0.1, -0.05) is 18.2 Å². The van der Waals surface area contributed by atoms with Crippen molar-refractivity contribution >= 4 is 0 Å². The van der Waals surface area contributed by atoms with Crippen LogP contribution in [0.4, 0.5) is 0 Å². The maximum Gasteiger partial charge on any atom is 0.0995 e. The van der Waals surface area contributed by atoms with Crippen LogP contribution in [0.15, 0.2) is 24.3 Å². The van der Waals surface area contributed by atoms with E-state index in [9.17, 15) is 0 Å². The predicted molar refractivity (Wildman–Crippen MR) is 57.3 cm³/mol. The Kier molecular flexibility index (Phi) is 5.46. The number of hydrogen-bond donors (Lipinski definition) is 0. The summed E-state index contributed by atoms with van der Waals surface area (Å²) in [5, 5.41) is 8.83. The Morgan fingerprint density at radius 1 is 1.27 bits per heavy atom. The van der Waals surface area contributed by atoms with Gasteiger partial charge in [-0.15, -0.1) is 0 Å². The number of rotatable bonds is 6. The first-order valence-electron chi connectivity index (χ1n) is 4.93. The van der Waals surface area contributed by atoms with Gasteiger partial charge in [-0.25, -0.2) is 0 Å². The summed E-state index contributed by atoms with van der Waals surface area (Å²) in [5.41, 5.74) is 1.63. The molecule has 0 N–H and O–H groups in total. The number of hydrogen-bond acceptors (Lipinski definition) is 3. The lowest BCUT2D eigenvalue weighted by Gasteiger charge is -2.05. The molecule has 0 aliphatic rings. The Balaban J connectivity index is 2.34. The zero-order valence-corrected chi connectivity index (χ0v) is 8.90. The zero-order valence-electron chi connectivity index (χ0n) is 8.90. The third-order valence-corrected chi connectivity index (χ3v) is 2.03. The van der Waals surface area contributed by atoms with E-state index in [4.69, 9.17) is 14.7 Å². The number of nitrogens with zero attached hydrogens (tertiary/aromatic N) is 1. The summed E-state index contributed by atoms with van der Waals surface area (Å²) in [5.74, 6) is 0. The summed E-state index contributed by atoms with van der Waals surface area (Å²) in [6.45, 7) is 1.86. The molecular formula is C12H15NO2. The number of ether oxygens (including phenoxy) is 2. The smallest absolute Gasteiger partial charge is 0.0995 e. The van der Waals surface area contributed by atoms with Crippen LogP contribution in [0.5, 0.6) is 0 Å². The highest BCUT2D eigenvalue weighted by Crippen LogP contribution is 2.08. The minimum absolute atomic E-state index is 0.493. The molecule has 0 aromatic heterocycles. The summed E-state index contributed by atoms with van der Waals surface area (Å²) in [6, 6.07) is 9.62. The van der Waals surface area contributed by atoms with Gasteiger partial charge in [-0.05, 0) is 18.1 Å². The molecule has 0 bridgehead atoms. The van der Waals surface area contributed by atoms with Gasteiger partial charge in [0.05, 0.1) is 18.2 Å². The van der Waals surface area contributed by atoms with Crippen molar-refractivity contribution in [3.8, 4) is 6.07 Å². The van der Waals surface area contributed by atoms with E-state index in [0.29, 0.717) is 25.4 Å². The molecule has 0 heterocycles. The summed E-state index contributed by atoms with van der Waals surface area (Å²) in [7, 11) is 1.67. The average Bonchev–Trinajstić information content (AvgIpc) is 2.29. The van der Waals surface area contributed by atoms with Gasteiger partial charge in [0.1, 0.15) is 0 Å². The highest BCUT2D eigenvalue weighted by molar-refractivity contribution is 5.36. The number of benzene rings is 1. The lowest BCUT2D eigenvalue weighted by atomic mass is 10.1. The molecule has 15 heavy (non-hydrogen) atoms. The Bertz CT molecular complexity index is 331. The molecule has 0 aliphatic carbocycles. The van der Waals surface area contributed by atoms with Crippen molar-refractivity contribution in [1.82, 2.24) is 0 Å². The maximum absolute atomic E-state index is 8.83. The topological polar surface area (TPSA) is 42.2 Å². The molecule has 0 radical (unpaired) electrons. The van der Waals surface area contributed by atoms with Crippen molar-refractivity contribution in [2.45, 2.75) is 13.0 Å². The van der Waals surface area contributed by atoms with Crippen LogP contribution in [0.1, 0.15) is 17.5 Å². The molecule has 1 aromatic carbocycles. The first-order chi connectivity index (χ1) is 7.38. The standard InChI is InChI=1S/C12H15NO2/c1-14-7-4-8-15-10-12-6-3-2-5-11(12)9-13/h2-3,5-6H,4,7-8,10H2,1H3. The second-order valence-electron chi connectivity index (χ2n) is 3.17. The van der Waals surface area contributed by atoms with Crippen molar-refractivity contribution in [1.29, 1.82) is 5.26 Å². The minimum atomic E-state index is 0.493. The van der Waals surface area contributed by atoms with Crippen molar-refractivity contribution in [2.75, 3.05) is 20.3 Å². The summed E-state index contributed by atoms with van der Waals surface area (Å²) < 4.78 is 10.3. The summed E-state index contributed by atoms with van der Waals surface area (Å²) in [4.78, 5) is 0. The molecule has 80 valence electrons. The SMILES string of the molecule is COCCCOCc1ccccc1C#N. The van der Waals surface area contributed by atoms with Gasteiger partial charge in [-0.3, -0.25) is 0 Å². The van der Waals surface area contributed by atoms with E-state index in [1.807, 2.05) is 18.2 Å². The summed E-state index contributed by atoms with van der Waals surface area (Å²) >= 11 is 0. The Hall–Kier alpha value is -1.37. The molecule has 3 nitrogen and oxygen atoms in total. The quantitative estimate of drug-likeness (QED) is 0.668. The van der Waals surface area contributed by atoms with Gasteiger partial charge >= 0.3 is 0 Å². The van der Waals surface area contributed by atoms with Crippen LogP contribution < -0.4 is 0 Å². The van der Waals surface area contributed by atoms with Crippen LogP contribution >= 0.6 is 0 Å².